The Labute approximate surface area is 190 Å². The van der Waals surface area contributed by atoms with Crippen LogP contribution in [0.4, 0.5) is 11.4 Å². The first-order valence-electron chi connectivity index (χ1n) is 9.70. The van der Waals surface area contributed by atoms with E-state index in [4.69, 9.17) is 21.3 Å². The van der Waals surface area contributed by atoms with E-state index in [9.17, 15) is 4.79 Å². The summed E-state index contributed by atoms with van der Waals surface area (Å²) in [6, 6.07) is 13.4. The van der Waals surface area contributed by atoms with Gasteiger partial charge in [0.25, 0.3) is 5.91 Å². The van der Waals surface area contributed by atoms with Gasteiger partial charge in [-0.1, -0.05) is 48.8 Å². The van der Waals surface area contributed by atoms with Crippen molar-refractivity contribution in [1.82, 2.24) is 4.90 Å². The summed E-state index contributed by atoms with van der Waals surface area (Å²) >= 11 is 9.33. The monoisotopic (exact) mass is 459 g/mol. The van der Waals surface area contributed by atoms with Crippen molar-refractivity contribution >= 4 is 57.6 Å². The number of hydrogen-bond donors (Lipinski definition) is 0. The quantitative estimate of drug-likeness (QED) is 0.504. The summed E-state index contributed by atoms with van der Waals surface area (Å²) in [6.07, 6.45) is 1.91. The molecular formula is C22H22ClN3O2S2. The number of rotatable bonds is 5. The third-order valence-corrected chi connectivity index (χ3v) is 7.65. The first-order valence-corrected chi connectivity index (χ1v) is 11.7. The fraction of sp³-hybridized carbons (Fsp3) is 0.273. The summed E-state index contributed by atoms with van der Waals surface area (Å²) in [5.41, 5.74) is 1.70. The highest BCUT2D eigenvalue weighted by Crippen LogP contribution is 2.51. The molecule has 0 radical (unpaired) electrons. The number of thioether (sulfide) groups is 2. The van der Waals surface area contributed by atoms with Crippen molar-refractivity contribution in [1.29, 1.82) is 0 Å². The third kappa shape index (κ3) is 3.94. The van der Waals surface area contributed by atoms with Gasteiger partial charge in [0.05, 0.1) is 28.5 Å². The molecule has 8 heteroatoms. The van der Waals surface area contributed by atoms with Crippen LogP contribution in [-0.4, -0.2) is 36.7 Å². The number of benzene rings is 2. The summed E-state index contributed by atoms with van der Waals surface area (Å²) < 4.78 is 5.36. The van der Waals surface area contributed by atoms with Crippen molar-refractivity contribution in [3.8, 4) is 5.75 Å². The molecule has 0 aromatic heterocycles. The molecule has 1 amide bonds. The number of para-hydroxylation sites is 1. The number of methoxy groups -OCH3 is 1. The van der Waals surface area contributed by atoms with Crippen LogP contribution in [0.3, 0.4) is 0 Å². The lowest BCUT2D eigenvalue weighted by Gasteiger charge is -2.16. The van der Waals surface area contributed by atoms with Gasteiger partial charge in [0.2, 0.25) is 0 Å². The molecule has 0 unspecified atom stereocenters. The standard InChI is InChI=1S/C22H22ClN3O2S2/c1-4-5-12-26-20(27)19(30-22(26)24-16-9-7-6-8-15(16)23)21-25(2)17-13-14(28-3)10-11-18(17)29-21/h6-11,13H,4-5,12H2,1-3H3. The Kier molecular flexibility index (Phi) is 6.32. The second-order valence-electron chi connectivity index (χ2n) is 6.89. The van der Waals surface area contributed by atoms with Gasteiger partial charge in [-0.3, -0.25) is 9.69 Å². The van der Waals surface area contributed by atoms with Crippen molar-refractivity contribution in [3.63, 3.8) is 0 Å². The van der Waals surface area contributed by atoms with E-state index in [0.29, 0.717) is 27.3 Å². The number of carbonyl (C=O) groups is 1. The van der Waals surface area contributed by atoms with Gasteiger partial charge in [-0.05, 0) is 42.4 Å². The maximum atomic E-state index is 13.4. The lowest BCUT2D eigenvalue weighted by molar-refractivity contribution is -0.122. The molecule has 0 spiro atoms. The lowest BCUT2D eigenvalue weighted by Crippen LogP contribution is -2.30. The van der Waals surface area contributed by atoms with Crippen LogP contribution in [-0.2, 0) is 4.79 Å². The number of aliphatic imine (C=N–C) groups is 1. The Hall–Kier alpha value is -2.09. The topological polar surface area (TPSA) is 45.1 Å². The first kappa shape index (κ1) is 21.2. The van der Waals surface area contributed by atoms with Gasteiger partial charge in [-0.25, -0.2) is 4.99 Å². The number of fused-ring (bicyclic) bond motifs is 1. The minimum atomic E-state index is -0.00613. The van der Waals surface area contributed by atoms with E-state index in [1.54, 1.807) is 23.8 Å². The molecule has 4 rings (SSSR count). The minimum Gasteiger partial charge on any atom is -0.497 e. The first-order chi connectivity index (χ1) is 14.5. The van der Waals surface area contributed by atoms with E-state index < -0.39 is 0 Å². The van der Waals surface area contributed by atoms with Crippen molar-refractivity contribution in [3.05, 3.63) is 57.4 Å². The molecule has 5 nitrogen and oxygen atoms in total. The summed E-state index contributed by atoms with van der Waals surface area (Å²) in [5, 5.41) is 2.16. The number of ether oxygens (including phenoxy) is 1. The molecule has 0 N–H and O–H groups in total. The third-order valence-electron chi connectivity index (χ3n) is 4.90. The summed E-state index contributed by atoms with van der Waals surface area (Å²) in [7, 11) is 3.64. The lowest BCUT2D eigenvalue weighted by atomic mass is 10.3. The molecule has 1 fully saturated rings. The molecular weight excluding hydrogens is 438 g/mol. The van der Waals surface area contributed by atoms with Gasteiger partial charge in [-0.15, -0.1) is 0 Å². The van der Waals surface area contributed by atoms with Crippen molar-refractivity contribution < 1.29 is 9.53 Å². The predicted octanol–water partition coefficient (Wildman–Crippen LogP) is 6.12. The van der Waals surface area contributed by atoms with Crippen LogP contribution in [0.1, 0.15) is 19.8 Å². The Bertz CT molecular complexity index is 1050. The van der Waals surface area contributed by atoms with Gasteiger partial charge in [0.15, 0.2) is 5.17 Å². The van der Waals surface area contributed by atoms with E-state index in [2.05, 4.69) is 11.8 Å². The Morgan fingerprint density at radius 2 is 1.97 bits per heavy atom. The predicted molar refractivity (Wildman–Crippen MR) is 127 cm³/mol. The van der Waals surface area contributed by atoms with Crippen LogP contribution in [0, 0.1) is 0 Å². The van der Waals surface area contributed by atoms with Crippen molar-refractivity contribution in [2.24, 2.45) is 4.99 Å². The zero-order chi connectivity index (χ0) is 21.3. The van der Waals surface area contributed by atoms with Gasteiger partial charge in [0, 0.05) is 24.6 Å². The Balaban J connectivity index is 1.73. The number of halogens is 1. The summed E-state index contributed by atoms with van der Waals surface area (Å²) in [4.78, 5) is 23.7. The average Bonchev–Trinajstić information content (AvgIpc) is 3.24. The zero-order valence-corrected chi connectivity index (χ0v) is 19.4. The number of amidine groups is 1. The van der Waals surface area contributed by atoms with Crippen molar-refractivity contribution in [2.75, 3.05) is 25.6 Å². The van der Waals surface area contributed by atoms with E-state index in [0.717, 1.165) is 34.2 Å². The zero-order valence-electron chi connectivity index (χ0n) is 17.0. The molecule has 2 aliphatic heterocycles. The van der Waals surface area contributed by atoms with Crippen LogP contribution in [0.25, 0.3) is 0 Å². The van der Waals surface area contributed by atoms with E-state index in [1.165, 1.54) is 11.8 Å². The molecule has 0 aliphatic carbocycles. The molecule has 156 valence electrons. The van der Waals surface area contributed by atoms with E-state index in [-0.39, 0.29) is 5.91 Å². The molecule has 2 heterocycles. The van der Waals surface area contributed by atoms with Gasteiger partial charge < -0.3 is 9.64 Å². The molecule has 2 aromatic rings. The SMILES string of the molecule is CCCCN1C(=O)C(=C2Sc3ccc(OC)cc3N2C)SC1=Nc1ccccc1Cl. The maximum absolute atomic E-state index is 13.4. The molecule has 30 heavy (non-hydrogen) atoms. The van der Waals surface area contributed by atoms with Crippen LogP contribution >= 0.6 is 35.1 Å². The van der Waals surface area contributed by atoms with Gasteiger partial charge in [0.1, 0.15) is 10.7 Å². The Morgan fingerprint density at radius 3 is 2.70 bits per heavy atom. The number of anilines is 1. The summed E-state index contributed by atoms with van der Waals surface area (Å²) in [6.45, 7) is 2.75. The fourth-order valence-electron chi connectivity index (χ4n) is 3.23. The molecule has 1 saturated heterocycles. The van der Waals surface area contributed by atoms with Crippen LogP contribution in [0.5, 0.6) is 5.75 Å². The largest absolute Gasteiger partial charge is 0.497 e. The van der Waals surface area contributed by atoms with Crippen LogP contribution < -0.4 is 9.64 Å². The van der Waals surface area contributed by atoms with Crippen LogP contribution in [0.15, 0.2) is 62.3 Å². The number of nitrogens with zero attached hydrogens (tertiary/aromatic N) is 3. The van der Waals surface area contributed by atoms with Crippen LogP contribution in [0.2, 0.25) is 5.02 Å². The second kappa shape index (κ2) is 8.96. The maximum Gasteiger partial charge on any atom is 0.269 e. The molecule has 0 atom stereocenters. The Morgan fingerprint density at radius 1 is 1.17 bits per heavy atom. The van der Waals surface area contributed by atoms with Crippen molar-refractivity contribution in [2.45, 2.75) is 24.7 Å². The number of amides is 1. The highest BCUT2D eigenvalue weighted by molar-refractivity contribution is 8.19. The highest BCUT2D eigenvalue weighted by atomic mass is 35.5. The highest BCUT2D eigenvalue weighted by Gasteiger charge is 2.39. The fourth-order valence-corrected chi connectivity index (χ4v) is 5.75. The number of carbonyl (C=O) groups excluding carboxylic acids is 1. The van der Waals surface area contributed by atoms with E-state index in [1.807, 2.05) is 49.5 Å². The van der Waals surface area contributed by atoms with Gasteiger partial charge in [-0.2, -0.15) is 0 Å². The average molecular weight is 460 g/mol. The number of hydrogen-bond acceptors (Lipinski definition) is 6. The minimum absolute atomic E-state index is 0.00613. The second-order valence-corrected chi connectivity index (χ2v) is 9.30. The molecule has 0 bridgehead atoms. The molecule has 2 aliphatic rings. The normalized spacial score (nSPS) is 19.7. The van der Waals surface area contributed by atoms with E-state index >= 15 is 0 Å². The molecule has 0 saturated carbocycles. The summed E-state index contributed by atoms with van der Waals surface area (Å²) in [5.74, 6) is 0.789. The molecule has 2 aromatic carbocycles. The number of unbranched alkanes of at least 4 members (excludes halogenated alkanes) is 1. The van der Waals surface area contributed by atoms with Gasteiger partial charge >= 0.3 is 0 Å². The smallest absolute Gasteiger partial charge is 0.269 e.